The summed E-state index contributed by atoms with van der Waals surface area (Å²) in [5, 5.41) is 3.24. The molecule has 0 aliphatic carbocycles. The monoisotopic (exact) mass is 162 g/mol. The van der Waals surface area contributed by atoms with Crippen LogP contribution in [0.25, 0.3) is 0 Å². The van der Waals surface area contributed by atoms with Crippen molar-refractivity contribution in [2.24, 2.45) is 5.73 Å². The minimum Gasteiger partial charge on any atom is -0.419 e. The predicted octanol–water partition coefficient (Wildman–Crippen LogP) is -0.0746. The first-order chi connectivity index (χ1) is 4.62. The van der Waals surface area contributed by atoms with Crippen LogP contribution >= 0.6 is 0 Å². The number of rotatable bonds is 5. The van der Waals surface area contributed by atoms with Gasteiger partial charge >= 0.3 is 0 Å². The Morgan fingerprint density at radius 3 is 2.50 bits per heavy atom. The fourth-order valence-corrected chi connectivity index (χ4v) is 1.49. The Bertz CT molecular complexity index is 87.8. The molecule has 0 aromatic carbocycles. The van der Waals surface area contributed by atoms with Crippen LogP contribution in [0.3, 0.4) is 0 Å². The molecule has 3 N–H and O–H groups in total. The fraction of sp³-hybridized carbons (Fsp3) is 1.00. The Labute approximate surface area is 64.1 Å². The lowest BCUT2D eigenvalue weighted by molar-refractivity contribution is 0.400. The highest BCUT2D eigenvalue weighted by atomic mass is 28.4. The molecule has 0 atom stereocenters. The molecule has 0 radical (unpaired) electrons. The molecule has 0 aliphatic heterocycles. The second-order valence-electron chi connectivity index (χ2n) is 2.93. The normalized spacial score (nSPS) is 12.0. The van der Waals surface area contributed by atoms with Crippen molar-refractivity contribution in [2.75, 3.05) is 26.4 Å². The van der Waals surface area contributed by atoms with E-state index in [0.717, 1.165) is 12.7 Å². The quantitative estimate of drug-likeness (QED) is 0.439. The summed E-state index contributed by atoms with van der Waals surface area (Å²) in [7, 11) is 0.393. The third-order valence-corrected chi connectivity index (χ3v) is 3.63. The van der Waals surface area contributed by atoms with Crippen LogP contribution in [-0.2, 0) is 4.43 Å². The van der Waals surface area contributed by atoms with Crippen LogP contribution in [0, 0.1) is 0 Å². The van der Waals surface area contributed by atoms with E-state index in [-0.39, 0.29) is 0 Å². The van der Waals surface area contributed by atoms with Crippen LogP contribution in [0.2, 0.25) is 13.1 Å². The van der Waals surface area contributed by atoms with Gasteiger partial charge < -0.3 is 15.5 Å². The molecule has 0 aliphatic rings. The van der Waals surface area contributed by atoms with Crippen LogP contribution in [0.4, 0.5) is 0 Å². The molecular weight excluding hydrogens is 144 g/mol. The van der Waals surface area contributed by atoms with E-state index in [0.29, 0.717) is 6.54 Å². The predicted molar refractivity (Wildman–Crippen MR) is 46.4 cm³/mol. The maximum atomic E-state index is 5.32. The largest absolute Gasteiger partial charge is 0.419 e. The summed E-state index contributed by atoms with van der Waals surface area (Å²) < 4.78 is 5.32. The number of nitrogens with two attached hydrogens (primary N) is 1. The van der Waals surface area contributed by atoms with Gasteiger partial charge in [0.05, 0.1) is 0 Å². The molecule has 0 saturated carbocycles. The molecule has 62 valence electrons. The van der Waals surface area contributed by atoms with Crippen LogP contribution in [0.5, 0.6) is 0 Å². The Hall–Kier alpha value is 0.0969. The van der Waals surface area contributed by atoms with E-state index in [1.165, 1.54) is 0 Å². The van der Waals surface area contributed by atoms with E-state index in [1.54, 1.807) is 7.11 Å². The number of hydrogen-bond acceptors (Lipinski definition) is 3. The lowest BCUT2D eigenvalue weighted by Gasteiger charge is -2.19. The lowest BCUT2D eigenvalue weighted by atomic mass is 10.7. The van der Waals surface area contributed by atoms with Crippen LogP contribution in [-0.4, -0.2) is 34.7 Å². The van der Waals surface area contributed by atoms with Gasteiger partial charge in [0.25, 0.3) is 0 Å². The molecule has 10 heavy (non-hydrogen) atoms. The summed E-state index contributed by atoms with van der Waals surface area (Å²) in [6.07, 6.45) is 0.987. The lowest BCUT2D eigenvalue weighted by Crippen LogP contribution is -2.43. The average Bonchev–Trinajstić information content (AvgIpc) is 1.89. The van der Waals surface area contributed by atoms with E-state index in [4.69, 9.17) is 10.2 Å². The molecule has 0 fully saturated rings. The van der Waals surface area contributed by atoms with Gasteiger partial charge in [-0.05, 0) is 13.1 Å². The second kappa shape index (κ2) is 4.84. The van der Waals surface area contributed by atoms with Gasteiger partial charge in [0, 0.05) is 26.4 Å². The number of hydrogen-bond donors (Lipinski definition) is 2. The van der Waals surface area contributed by atoms with Gasteiger partial charge in [-0.25, -0.2) is 0 Å². The second-order valence-corrected chi connectivity index (χ2v) is 7.21. The van der Waals surface area contributed by atoms with Crippen molar-refractivity contribution in [3.05, 3.63) is 0 Å². The molecule has 0 unspecified atom stereocenters. The topological polar surface area (TPSA) is 47.3 Å². The fourth-order valence-electron chi connectivity index (χ4n) is 0.564. The maximum Gasteiger partial charge on any atom is 0.199 e. The smallest absolute Gasteiger partial charge is 0.199 e. The van der Waals surface area contributed by atoms with E-state index in [9.17, 15) is 0 Å². The molecule has 0 aromatic heterocycles. The maximum absolute atomic E-state index is 5.32. The summed E-state index contributed by atoms with van der Waals surface area (Å²) in [6.45, 7) is 5.95. The molecule has 0 saturated heterocycles. The Morgan fingerprint density at radius 1 is 1.50 bits per heavy atom. The van der Waals surface area contributed by atoms with E-state index in [1.807, 2.05) is 0 Å². The molecule has 0 bridgehead atoms. The van der Waals surface area contributed by atoms with Gasteiger partial charge in [-0.3, -0.25) is 0 Å². The zero-order chi connectivity index (χ0) is 8.04. The van der Waals surface area contributed by atoms with Gasteiger partial charge in [-0.1, -0.05) is 0 Å². The zero-order valence-corrected chi connectivity index (χ0v) is 8.11. The standard InChI is InChI=1S/C6H18N2OSi/c1-9-10(2,3)6-8-5-4-7/h8H,4-7H2,1-3H3. The summed E-state index contributed by atoms with van der Waals surface area (Å²) >= 11 is 0. The van der Waals surface area contributed by atoms with E-state index in [2.05, 4.69) is 18.4 Å². The summed E-state index contributed by atoms with van der Waals surface area (Å²) in [4.78, 5) is 0. The van der Waals surface area contributed by atoms with Crippen molar-refractivity contribution < 1.29 is 4.43 Å². The third kappa shape index (κ3) is 4.93. The molecule has 3 nitrogen and oxygen atoms in total. The summed E-state index contributed by atoms with van der Waals surface area (Å²) in [5.41, 5.74) is 5.31. The van der Waals surface area contributed by atoms with Gasteiger partial charge in [0.2, 0.25) is 0 Å². The van der Waals surface area contributed by atoms with Crippen molar-refractivity contribution in [3.8, 4) is 0 Å². The van der Waals surface area contributed by atoms with Crippen molar-refractivity contribution in [1.82, 2.24) is 5.32 Å². The van der Waals surface area contributed by atoms with Crippen LogP contribution in [0.1, 0.15) is 0 Å². The first-order valence-corrected chi connectivity index (χ1v) is 6.70. The van der Waals surface area contributed by atoms with Gasteiger partial charge in [-0.15, -0.1) is 0 Å². The Morgan fingerprint density at radius 2 is 2.10 bits per heavy atom. The van der Waals surface area contributed by atoms with Crippen molar-refractivity contribution in [3.63, 3.8) is 0 Å². The Balaban J connectivity index is 3.28. The molecule has 0 rings (SSSR count). The first kappa shape index (κ1) is 10.1. The molecule has 4 heteroatoms. The van der Waals surface area contributed by atoms with Gasteiger partial charge in [-0.2, -0.15) is 0 Å². The third-order valence-electron chi connectivity index (χ3n) is 1.42. The number of nitrogens with one attached hydrogen (secondary N) is 1. The van der Waals surface area contributed by atoms with E-state index < -0.39 is 8.32 Å². The zero-order valence-electron chi connectivity index (χ0n) is 7.11. The van der Waals surface area contributed by atoms with Crippen molar-refractivity contribution in [1.29, 1.82) is 0 Å². The van der Waals surface area contributed by atoms with Crippen LogP contribution < -0.4 is 11.1 Å². The summed E-state index contributed by atoms with van der Waals surface area (Å²) in [5.74, 6) is 0. The molecular formula is C6H18N2OSi. The molecule has 0 heterocycles. The molecule has 0 spiro atoms. The highest BCUT2D eigenvalue weighted by molar-refractivity contribution is 6.71. The minimum atomic E-state index is -1.38. The van der Waals surface area contributed by atoms with Crippen LogP contribution in [0.15, 0.2) is 0 Å². The summed E-state index contributed by atoms with van der Waals surface area (Å²) in [6, 6.07) is 0. The minimum absolute atomic E-state index is 0.703. The van der Waals surface area contributed by atoms with E-state index >= 15 is 0 Å². The Kier molecular flexibility index (Phi) is 4.89. The van der Waals surface area contributed by atoms with Gasteiger partial charge in [0.15, 0.2) is 8.32 Å². The van der Waals surface area contributed by atoms with Gasteiger partial charge in [0.1, 0.15) is 0 Å². The molecule has 0 amide bonds. The SMILES string of the molecule is CO[Si](C)(C)CNCCN. The van der Waals surface area contributed by atoms with Crippen molar-refractivity contribution in [2.45, 2.75) is 13.1 Å². The first-order valence-electron chi connectivity index (χ1n) is 3.58. The average molecular weight is 162 g/mol. The highest BCUT2D eigenvalue weighted by Gasteiger charge is 2.18. The molecule has 0 aromatic rings. The highest BCUT2D eigenvalue weighted by Crippen LogP contribution is 1.98. The van der Waals surface area contributed by atoms with Crippen molar-refractivity contribution >= 4 is 8.32 Å².